The first kappa shape index (κ1) is 21.6. The molecule has 0 aliphatic carbocycles. The highest BCUT2D eigenvalue weighted by atomic mass is 35.5. The Balaban J connectivity index is 1.36. The van der Waals surface area contributed by atoms with Gasteiger partial charge in [-0.25, -0.2) is 5.43 Å². The normalized spacial score (nSPS) is 11.3. The van der Waals surface area contributed by atoms with Crippen LogP contribution in [0.3, 0.4) is 0 Å². The SMILES string of the molecule is O=C(CSc1nnc(SCc2ccc(Cl)cc2)s1)N/N=C\C=C\c1ccccc1. The summed E-state index contributed by atoms with van der Waals surface area (Å²) in [6.45, 7) is 0. The summed E-state index contributed by atoms with van der Waals surface area (Å²) >= 11 is 10.3. The van der Waals surface area contributed by atoms with Crippen molar-refractivity contribution in [1.29, 1.82) is 0 Å². The molecule has 0 fully saturated rings. The molecule has 0 atom stereocenters. The third-order valence-corrected chi connectivity index (χ3v) is 6.94. The first-order chi connectivity index (χ1) is 14.2. The molecule has 5 nitrogen and oxygen atoms in total. The quantitative estimate of drug-likeness (QED) is 0.263. The lowest BCUT2D eigenvalue weighted by atomic mass is 10.2. The molecule has 3 rings (SSSR count). The van der Waals surface area contributed by atoms with Gasteiger partial charge in [-0.3, -0.25) is 4.79 Å². The van der Waals surface area contributed by atoms with E-state index in [0.29, 0.717) is 0 Å². The average Bonchev–Trinajstić information content (AvgIpc) is 3.20. The van der Waals surface area contributed by atoms with Crippen LogP contribution in [0.5, 0.6) is 0 Å². The summed E-state index contributed by atoms with van der Waals surface area (Å²) in [5.41, 5.74) is 4.74. The zero-order chi connectivity index (χ0) is 20.3. The smallest absolute Gasteiger partial charge is 0.250 e. The molecular weight excluding hydrogens is 444 g/mol. The molecule has 29 heavy (non-hydrogen) atoms. The second kappa shape index (κ2) is 11.8. The molecule has 1 heterocycles. The topological polar surface area (TPSA) is 67.2 Å². The number of allylic oxidation sites excluding steroid dienone is 1. The highest BCUT2D eigenvalue weighted by Crippen LogP contribution is 2.30. The summed E-state index contributed by atoms with van der Waals surface area (Å²) in [6.07, 6.45) is 5.23. The minimum Gasteiger partial charge on any atom is -0.272 e. The number of thioether (sulfide) groups is 2. The third kappa shape index (κ3) is 8.02. The average molecular weight is 461 g/mol. The van der Waals surface area contributed by atoms with Crippen LogP contribution >= 0.6 is 46.5 Å². The van der Waals surface area contributed by atoms with Crippen molar-refractivity contribution in [2.75, 3.05) is 5.75 Å². The number of amides is 1. The molecule has 148 valence electrons. The van der Waals surface area contributed by atoms with Crippen molar-refractivity contribution in [3.63, 3.8) is 0 Å². The van der Waals surface area contributed by atoms with Gasteiger partial charge in [-0.05, 0) is 29.3 Å². The number of hydrazone groups is 1. The molecule has 0 spiro atoms. The molecule has 0 unspecified atom stereocenters. The van der Waals surface area contributed by atoms with Crippen LogP contribution < -0.4 is 5.43 Å². The number of carbonyl (C=O) groups excluding carboxylic acids is 1. The van der Waals surface area contributed by atoms with E-state index in [1.54, 1.807) is 24.1 Å². The number of carbonyl (C=O) groups is 1. The van der Waals surface area contributed by atoms with E-state index in [2.05, 4.69) is 20.7 Å². The Kier molecular flexibility index (Phi) is 8.76. The molecule has 2 aromatic carbocycles. The summed E-state index contributed by atoms with van der Waals surface area (Å²) in [7, 11) is 0. The number of aromatic nitrogens is 2. The van der Waals surface area contributed by atoms with Crippen LogP contribution in [-0.2, 0) is 10.5 Å². The van der Waals surface area contributed by atoms with Crippen molar-refractivity contribution in [1.82, 2.24) is 15.6 Å². The minimum absolute atomic E-state index is 0.190. The largest absolute Gasteiger partial charge is 0.272 e. The Bertz CT molecular complexity index is 975. The number of halogens is 1. The van der Waals surface area contributed by atoms with E-state index in [0.717, 1.165) is 25.0 Å². The Labute approximate surface area is 186 Å². The zero-order valence-corrected chi connectivity index (χ0v) is 18.4. The van der Waals surface area contributed by atoms with Gasteiger partial charge in [0, 0.05) is 17.0 Å². The van der Waals surface area contributed by atoms with E-state index >= 15 is 0 Å². The van der Waals surface area contributed by atoms with Gasteiger partial charge in [0.1, 0.15) is 0 Å². The second-order valence-electron chi connectivity index (χ2n) is 5.62. The minimum atomic E-state index is -0.190. The molecule has 1 N–H and O–H groups in total. The van der Waals surface area contributed by atoms with Crippen molar-refractivity contribution < 1.29 is 4.79 Å². The van der Waals surface area contributed by atoms with E-state index in [-0.39, 0.29) is 11.7 Å². The molecule has 0 saturated heterocycles. The van der Waals surface area contributed by atoms with Gasteiger partial charge in [-0.2, -0.15) is 5.10 Å². The predicted molar refractivity (Wildman–Crippen MR) is 124 cm³/mol. The lowest BCUT2D eigenvalue weighted by Gasteiger charge is -1.98. The van der Waals surface area contributed by atoms with E-state index in [9.17, 15) is 4.79 Å². The van der Waals surface area contributed by atoms with Gasteiger partial charge in [0.25, 0.3) is 5.91 Å². The van der Waals surface area contributed by atoms with E-state index in [4.69, 9.17) is 11.6 Å². The van der Waals surface area contributed by atoms with Gasteiger partial charge in [0.15, 0.2) is 8.68 Å². The van der Waals surface area contributed by atoms with Crippen LogP contribution in [0, 0.1) is 0 Å². The standard InChI is InChI=1S/C20H17ClN4OS3/c21-17-10-8-16(9-11-17)13-27-19-24-25-20(29-19)28-14-18(26)23-22-12-4-7-15-5-2-1-3-6-15/h1-12H,13-14H2,(H,23,26)/b7-4+,22-12-. The van der Waals surface area contributed by atoms with Crippen molar-refractivity contribution in [2.24, 2.45) is 5.10 Å². The van der Waals surface area contributed by atoms with Gasteiger partial charge < -0.3 is 0 Å². The Hall–Kier alpha value is -2.13. The van der Waals surface area contributed by atoms with E-state index < -0.39 is 0 Å². The molecule has 0 saturated carbocycles. The molecule has 9 heteroatoms. The number of nitrogens with zero attached hydrogens (tertiary/aromatic N) is 3. The lowest BCUT2D eigenvalue weighted by molar-refractivity contribution is -0.118. The lowest BCUT2D eigenvalue weighted by Crippen LogP contribution is -2.19. The summed E-state index contributed by atoms with van der Waals surface area (Å²) in [5.74, 6) is 0.836. The number of rotatable bonds is 9. The van der Waals surface area contributed by atoms with Crippen molar-refractivity contribution in [2.45, 2.75) is 14.4 Å². The second-order valence-corrected chi connectivity index (χ2v) is 9.48. The van der Waals surface area contributed by atoms with Crippen LogP contribution in [0.4, 0.5) is 0 Å². The predicted octanol–water partition coefficient (Wildman–Crippen LogP) is 5.39. The first-order valence-electron chi connectivity index (χ1n) is 8.56. The van der Waals surface area contributed by atoms with Gasteiger partial charge in [0.2, 0.25) is 0 Å². The molecule has 1 aromatic heterocycles. The van der Waals surface area contributed by atoms with E-state index in [1.165, 1.54) is 28.7 Å². The maximum atomic E-state index is 11.9. The van der Waals surface area contributed by atoms with Crippen LogP contribution in [0.2, 0.25) is 5.02 Å². The molecule has 0 aliphatic rings. The zero-order valence-electron chi connectivity index (χ0n) is 15.2. The monoisotopic (exact) mass is 460 g/mol. The Morgan fingerprint density at radius 2 is 1.79 bits per heavy atom. The van der Waals surface area contributed by atoms with E-state index in [1.807, 2.05) is 60.7 Å². The fourth-order valence-corrected chi connectivity index (χ4v) is 4.96. The number of hydrogen-bond donors (Lipinski definition) is 1. The van der Waals surface area contributed by atoms with Gasteiger partial charge >= 0.3 is 0 Å². The maximum Gasteiger partial charge on any atom is 0.250 e. The van der Waals surface area contributed by atoms with Gasteiger partial charge in [0.05, 0.1) is 5.75 Å². The molecule has 0 radical (unpaired) electrons. The third-order valence-electron chi connectivity index (χ3n) is 3.43. The fourth-order valence-electron chi connectivity index (χ4n) is 2.07. The highest BCUT2D eigenvalue weighted by molar-refractivity contribution is 8.03. The van der Waals surface area contributed by atoms with Crippen LogP contribution in [-0.4, -0.2) is 28.1 Å². The summed E-state index contributed by atoms with van der Waals surface area (Å²) in [4.78, 5) is 11.9. The molecule has 0 aliphatic heterocycles. The van der Waals surface area contributed by atoms with Gasteiger partial charge in [-0.15, -0.1) is 10.2 Å². The first-order valence-corrected chi connectivity index (χ1v) is 11.7. The summed E-state index contributed by atoms with van der Waals surface area (Å²) in [6, 6.07) is 17.6. The van der Waals surface area contributed by atoms with Gasteiger partial charge in [-0.1, -0.05) is 95.0 Å². The number of benzene rings is 2. The maximum absolute atomic E-state index is 11.9. The molecule has 0 bridgehead atoms. The summed E-state index contributed by atoms with van der Waals surface area (Å²) < 4.78 is 1.62. The van der Waals surface area contributed by atoms with Crippen molar-refractivity contribution >= 4 is 64.7 Å². The number of hydrogen-bond acceptors (Lipinski definition) is 7. The number of nitrogens with one attached hydrogen (secondary N) is 1. The van der Waals surface area contributed by atoms with Crippen LogP contribution in [0.25, 0.3) is 6.08 Å². The van der Waals surface area contributed by atoms with Crippen LogP contribution in [0.15, 0.2) is 74.5 Å². The molecular formula is C20H17ClN4OS3. The Morgan fingerprint density at radius 3 is 2.55 bits per heavy atom. The fraction of sp³-hybridized carbons (Fsp3) is 0.100. The molecule has 1 amide bonds. The molecule has 3 aromatic rings. The highest BCUT2D eigenvalue weighted by Gasteiger charge is 2.08. The van der Waals surface area contributed by atoms with Crippen molar-refractivity contribution in [3.8, 4) is 0 Å². The van der Waals surface area contributed by atoms with Crippen molar-refractivity contribution in [3.05, 3.63) is 76.8 Å². The Morgan fingerprint density at radius 1 is 1.07 bits per heavy atom. The summed E-state index contributed by atoms with van der Waals surface area (Å²) in [5, 5.41) is 12.9. The van der Waals surface area contributed by atoms with Crippen LogP contribution in [0.1, 0.15) is 11.1 Å².